The lowest BCUT2D eigenvalue weighted by molar-refractivity contribution is -0.220. The number of hydrogen-bond donors (Lipinski definition) is 4. The summed E-state index contributed by atoms with van der Waals surface area (Å²) in [5.41, 5.74) is 0. The maximum Gasteiger partial charge on any atom is 0.194 e. The molecule has 1 aliphatic rings. The van der Waals surface area contributed by atoms with Crippen molar-refractivity contribution in [1.82, 2.24) is 0 Å². The van der Waals surface area contributed by atoms with Crippen molar-refractivity contribution in [3.63, 3.8) is 0 Å². The lowest BCUT2D eigenvalue weighted by Gasteiger charge is -2.25. The summed E-state index contributed by atoms with van der Waals surface area (Å²) in [5.74, 6) is -1.68. The van der Waals surface area contributed by atoms with Gasteiger partial charge in [-0.05, 0) is 6.42 Å². The van der Waals surface area contributed by atoms with E-state index < -0.39 is 18.0 Å². The molecular weight excluding hydrogens is 164 g/mol. The zero-order chi connectivity index (χ0) is 9.19. The number of ether oxygens (including phenoxy) is 1. The van der Waals surface area contributed by atoms with Crippen LogP contribution in [-0.4, -0.2) is 51.6 Å². The van der Waals surface area contributed by atoms with Crippen LogP contribution in [0.15, 0.2) is 0 Å². The number of aliphatic hydroxyl groups is 4. The fraction of sp³-hybridized carbons (Fsp3) is 1.00. The van der Waals surface area contributed by atoms with Gasteiger partial charge >= 0.3 is 0 Å². The standard InChI is InChI=1S/C7H14O5/c8-3-1-2-7(11)6(10)5(9)4-12-7/h5-6,8-11H,1-4H2. The molecule has 72 valence electrons. The molecule has 0 aromatic carbocycles. The van der Waals surface area contributed by atoms with Gasteiger partial charge in [0, 0.05) is 13.0 Å². The van der Waals surface area contributed by atoms with E-state index in [4.69, 9.17) is 14.9 Å². The smallest absolute Gasteiger partial charge is 0.194 e. The number of rotatable bonds is 3. The van der Waals surface area contributed by atoms with Crippen molar-refractivity contribution >= 4 is 0 Å². The van der Waals surface area contributed by atoms with Crippen LogP contribution >= 0.6 is 0 Å². The fourth-order valence-electron chi connectivity index (χ4n) is 1.26. The van der Waals surface area contributed by atoms with E-state index >= 15 is 0 Å². The third-order valence-corrected chi connectivity index (χ3v) is 2.02. The molecule has 1 saturated heterocycles. The summed E-state index contributed by atoms with van der Waals surface area (Å²) in [6.45, 7) is -0.141. The Labute approximate surface area is 70.2 Å². The van der Waals surface area contributed by atoms with Crippen LogP contribution in [0.3, 0.4) is 0 Å². The molecule has 1 aliphatic heterocycles. The molecular formula is C7H14O5. The first-order valence-corrected chi connectivity index (χ1v) is 3.93. The van der Waals surface area contributed by atoms with Crippen molar-refractivity contribution in [3.8, 4) is 0 Å². The highest BCUT2D eigenvalue weighted by Crippen LogP contribution is 2.27. The molecule has 0 amide bonds. The highest BCUT2D eigenvalue weighted by atomic mass is 16.7. The quantitative estimate of drug-likeness (QED) is 0.409. The van der Waals surface area contributed by atoms with Crippen LogP contribution in [0.25, 0.3) is 0 Å². The molecule has 3 unspecified atom stereocenters. The Hall–Kier alpha value is -0.200. The Morgan fingerprint density at radius 2 is 2.08 bits per heavy atom. The molecule has 1 heterocycles. The van der Waals surface area contributed by atoms with Gasteiger partial charge in [-0.15, -0.1) is 0 Å². The Balaban J connectivity index is 2.47. The van der Waals surface area contributed by atoms with Crippen LogP contribution < -0.4 is 0 Å². The lowest BCUT2D eigenvalue weighted by atomic mass is 10.0. The van der Waals surface area contributed by atoms with E-state index in [1.165, 1.54) is 0 Å². The van der Waals surface area contributed by atoms with Crippen LogP contribution in [0.1, 0.15) is 12.8 Å². The summed E-state index contributed by atoms with van der Waals surface area (Å²) in [5, 5.41) is 36.3. The second-order valence-corrected chi connectivity index (χ2v) is 3.00. The van der Waals surface area contributed by atoms with Crippen LogP contribution in [0.2, 0.25) is 0 Å². The number of aliphatic hydroxyl groups excluding tert-OH is 3. The Morgan fingerprint density at radius 3 is 2.50 bits per heavy atom. The van der Waals surface area contributed by atoms with Gasteiger partial charge in [0.15, 0.2) is 5.79 Å². The highest BCUT2D eigenvalue weighted by molar-refractivity contribution is 4.88. The summed E-state index contributed by atoms with van der Waals surface area (Å²) in [6, 6.07) is 0. The molecule has 0 spiro atoms. The van der Waals surface area contributed by atoms with E-state index in [9.17, 15) is 10.2 Å². The summed E-state index contributed by atoms with van der Waals surface area (Å²) >= 11 is 0. The molecule has 5 heteroatoms. The molecule has 5 nitrogen and oxygen atoms in total. The Morgan fingerprint density at radius 1 is 1.42 bits per heavy atom. The van der Waals surface area contributed by atoms with Crippen LogP contribution in [0.5, 0.6) is 0 Å². The van der Waals surface area contributed by atoms with Crippen molar-refractivity contribution in [3.05, 3.63) is 0 Å². The van der Waals surface area contributed by atoms with Crippen molar-refractivity contribution in [1.29, 1.82) is 0 Å². The zero-order valence-corrected chi connectivity index (χ0v) is 6.68. The first kappa shape index (κ1) is 9.88. The molecule has 4 N–H and O–H groups in total. The molecule has 3 atom stereocenters. The van der Waals surface area contributed by atoms with Crippen molar-refractivity contribution in [2.45, 2.75) is 30.8 Å². The molecule has 1 fully saturated rings. The Kier molecular flexibility index (Phi) is 3.03. The van der Waals surface area contributed by atoms with Crippen LogP contribution in [0.4, 0.5) is 0 Å². The molecule has 0 saturated carbocycles. The average Bonchev–Trinajstić information content (AvgIpc) is 2.31. The van der Waals surface area contributed by atoms with Gasteiger partial charge in [0.05, 0.1) is 6.61 Å². The lowest BCUT2D eigenvalue weighted by Crippen LogP contribution is -2.43. The highest BCUT2D eigenvalue weighted by Gasteiger charge is 2.46. The molecule has 0 bridgehead atoms. The van der Waals surface area contributed by atoms with E-state index in [2.05, 4.69) is 0 Å². The second-order valence-electron chi connectivity index (χ2n) is 3.00. The van der Waals surface area contributed by atoms with Crippen LogP contribution in [0, 0.1) is 0 Å². The molecule has 0 aliphatic carbocycles. The van der Waals surface area contributed by atoms with Crippen molar-refractivity contribution in [2.75, 3.05) is 13.2 Å². The fourth-order valence-corrected chi connectivity index (χ4v) is 1.26. The third kappa shape index (κ3) is 1.75. The van der Waals surface area contributed by atoms with E-state index in [0.717, 1.165) is 0 Å². The second kappa shape index (κ2) is 3.68. The van der Waals surface area contributed by atoms with Gasteiger partial charge in [0.2, 0.25) is 0 Å². The van der Waals surface area contributed by atoms with Gasteiger partial charge in [-0.1, -0.05) is 0 Å². The molecule has 0 radical (unpaired) electrons. The van der Waals surface area contributed by atoms with Crippen LogP contribution in [-0.2, 0) is 4.74 Å². The molecule has 12 heavy (non-hydrogen) atoms. The molecule has 0 aromatic heterocycles. The predicted octanol–water partition coefficient (Wildman–Crippen LogP) is -1.80. The summed E-state index contributed by atoms with van der Waals surface area (Å²) in [6.07, 6.45) is -1.85. The van der Waals surface area contributed by atoms with E-state index in [1.54, 1.807) is 0 Å². The van der Waals surface area contributed by atoms with Crippen molar-refractivity contribution in [2.24, 2.45) is 0 Å². The van der Waals surface area contributed by atoms with Gasteiger partial charge in [-0.25, -0.2) is 0 Å². The summed E-state index contributed by atoms with van der Waals surface area (Å²) < 4.78 is 4.81. The molecule has 1 rings (SSSR count). The van der Waals surface area contributed by atoms with Gasteiger partial charge in [0.25, 0.3) is 0 Å². The first-order valence-electron chi connectivity index (χ1n) is 3.93. The third-order valence-electron chi connectivity index (χ3n) is 2.02. The maximum absolute atomic E-state index is 9.52. The largest absolute Gasteiger partial charge is 0.396 e. The monoisotopic (exact) mass is 178 g/mol. The average molecular weight is 178 g/mol. The van der Waals surface area contributed by atoms with E-state index in [0.29, 0.717) is 6.42 Å². The van der Waals surface area contributed by atoms with E-state index in [1.807, 2.05) is 0 Å². The first-order chi connectivity index (χ1) is 5.60. The Bertz CT molecular complexity index is 151. The van der Waals surface area contributed by atoms with Gasteiger partial charge in [-0.3, -0.25) is 0 Å². The van der Waals surface area contributed by atoms with Gasteiger partial charge in [-0.2, -0.15) is 0 Å². The minimum atomic E-state index is -1.68. The predicted molar refractivity (Wildman–Crippen MR) is 39.2 cm³/mol. The summed E-state index contributed by atoms with van der Waals surface area (Å²) in [4.78, 5) is 0. The van der Waals surface area contributed by atoms with Gasteiger partial charge in [0.1, 0.15) is 12.2 Å². The molecule has 0 aromatic rings. The van der Waals surface area contributed by atoms with E-state index in [-0.39, 0.29) is 19.6 Å². The zero-order valence-electron chi connectivity index (χ0n) is 6.68. The normalized spacial score (nSPS) is 42.0. The minimum absolute atomic E-state index is 0.0664. The maximum atomic E-state index is 9.52. The minimum Gasteiger partial charge on any atom is -0.396 e. The van der Waals surface area contributed by atoms with Crippen molar-refractivity contribution < 1.29 is 25.2 Å². The topological polar surface area (TPSA) is 90.2 Å². The number of hydrogen-bond acceptors (Lipinski definition) is 5. The summed E-state index contributed by atoms with van der Waals surface area (Å²) in [7, 11) is 0. The van der Waals surface area contributed by atoms with Gasteiger partial charge < -0.3 is 25.2 Å². The SMILES string of the molecule is OCCCC1(O)OCC(O)C1O.